The van der Waals surface area contributed by atoms with Gasteiger partial charge >= 0.3 is 17.9 Å². The molecule has 71 heavy (non-hydrogen) atoms. The van der Waals surface area contributed by atoms with Crippen molar-refractivity contribution in [2.75, 3.05) is 13.2 Å². The van der Waals surface area contributed by atoms with Gasteiger partial charge in [-0.05, 0) is 135 Å². The van der Waals surface area contributed by atoms with Crippen LogP contribution in [0.5, 0.6) is 0 Å². The van der Waals surface area contributed by atoms with E-state index >= 15 is 0 Å². The number of hydrogen-bond donors (Lipinski definition) is 0. The van der Waals surface area contributed by atoms with Gasteiger partial charge in [0.05, 0.1) is 0 Å². The Morgan fingerprint density at radius 1 is 0.282 bits per heavy atom. The Morgan fingerprint density at radius 2 is 0.535 bits per heavy atom. The van der Waals surface area contributed by atoms with E-state index in [0.717, 1.165) is 116 Å². The molecule has 0 atom stereocenters. The van der Waals surface area contributed by atoms with Crippen molar-refractivity contribution in [3.63, 3.8) is 0 Å². The number of ether oxygens (including phenoxy) is 3. The summed E-state index contributed by atoms with van der Waals surface area (Å²) in [6.45, 7) is 6.44. The van der Waals surface area contributed by atoms with E-state index in [9.17, 15) is 14.4 Å². The molecule has 0 heterocycles. The summed E-state index contributed by atoms with van der Waals surface area (Å²) >= 11 is 0. The molecule has 400 valence electrons. The maximum atomic E-state index is 12.8. The number of rotatable bonds is 50. The Labute approximate surface area is 436 Å². The zero-order valence-corrected chi connectivity index (χ0v) is 45.7. The maximum Gasteiger partial charge on any atom is 0.306 e. The van der Waals surface area contributed by atoms with Gasteiger partial charge < -0.3 is 14.2 Å². The fraction of sp³-hybridized carbons (Fsp3) is 0.615. The summed E-state index contributed by atoms with van der Waals surface area (Å²) in [7, 11) is 0. The molecule has 0 aromatic rings. The topological polar surface area (TPSA) is 78.9 Å². The third-order valence-electron chi connectivity index (χ3n) is 11.6. The second-order valence-electron chi connectivity index (χ2n) is 18.5. The Morgan fingerprint density at radius 3 is 0.831 bits per heavy atom. The fourth-order valence-corrected chi connectivity index (χ4v) is 7.26. The summed E-state index contributed by atoms with van der Waals surface area (Å²) in [5.74, 6) is -1.06. The molecule has 0 aliphatic carbocycles. The first kappa shape index (κ1) is 66.6. The Balaban J connectivity index is 4.61. The van der Waals surface area contributed by atoms with Crippen LogP contribution in [0.15, 0.2) is 134 Å². The van der Waals surface area contributed by atoms with Crippen molar-refractivity contribution in [1.29, 1.82) is 0 Å². The maximum absolute atomic E-state index is 12.8. The van der Waals surface area contributed by atoms with Crippen molar-refractivity contribution >= 4 is 17.9 Å². The van der Waals surface area contributed by atoms with E-state index in [1.54, 1.807) is 0 Å². The summed E-state index contributed by atoms with van der Waals surface area (Å²) in [6.07, 6.45) is 81.6. The van der Waals surface area contributed by atoms with Gasteiger partial charge in [0.2, 0.25) is 0 Å². The van der Waals surface area contributed by atoms with Gasteiger partial charge in [-0.3, -0.25) is 14.4 Å². The van der Waals surface area contributed by atoms with E-state index in [4.69, 9.17) is 14.2 Å². The quantitative estimate of drug-likeness (QED) is 0.0262. The van der Waals surface area contributed by atoms with E-state index in [0.29, 0.717) is 19.3 Å². The van der Waals surface area contributed by atoms with Crippen molar-refractivity contribution in [2.45, 2.75) is 245 Å². The van der Waals surface area contributed by atoms with Crippen LogP contribution in [0.1, 0.15) is 239 Å². The van der Waals surface area contributed by atoms with Crippen LogP contribution >= 0.6 is 0 Å². The number of unbranched alkanes of at least 4 members (excludes halogenated alkanes) is 17. The van der Waals surface area contributed by atoms with Crippen LogP contribution in [0.2, 0.25) is 0 Å². The molecule has 0 aliphatic rings. The predicted octanol–water partition coefficient (Wildman–Crippen LogP) is 19.4. The first-order valence-corrected chi connectivity index (χ1v) is 28.7. The first-order chi connectivity index (χ1) is 35.0. The minimum atomic E-state index is -0.842. The molecule has 0 aromatic carbocycles. The Hall–Kier alpha value is -4.45. The largest absolute Gasteiger partial charge is 0.462 e. The van der Waals surface area contributed by atoms with Crippen LogP contribution in [0, 0.1) is 0 Å². The van der Waals surface area contributed by atoms with E-state index in [-0.39, 0.29) is 31.6 Å². The second-order valence-corrected chi connectivity index (χ2v) is 18.5. The standard InChI is InChI=1S/C65H104O6/c1-4-7-10-13-16-19-22-25-28-31-32-35-38-41-44-47-50-53-56-59-65(68)71-62(60-69-63(66)57-54-51-48-45-42-39-36-33-29-26-23-20-17-14-11-8-5-2)61-70-64(67)58-55-52-49-46-43-40-37-34-30-27-24-21-18-15-12-9-6-3/h16-21,25-30,32,35-37,39-41,44,50,53,62H,4-15,22-24,31,33-34,38,42-43,45-49,51-52,54-61H2,1-3H3/b19-16-,20-17-,21-18-,28-25-,29-26-,30-27-,35-32-,39-36-,40-37-,44-41-,53-50-. The van der Waals surface area contributed by atoms with Crippen molar-refractivity contribution < 1.29 is 28.6 Å². The normalized spacial score (nSPS) is 12.7. The second kappa shape index (κ2) is 58.1. The number of carbonyl (C=O) groups is 3. The van der Waals surface area contributed by atoms with Gasteiger partial charge in [0.25, 0.3) is 0 Å². The summed E-state index contributed by atoms with van der Waals surface area (Å²) < 4.78 is 16.8. The number of carbonyl (C=O) groups excluding carboxylic acids is 3. The smallest absolute Gasteiger partial charge is 0.306 e. The third kappa shape index (κ3) is 56.3. The van der Waals surface area contributed by atoms with Crippen LogP contribution < -0.4 is 0 Å². The molecular weight excluding hydrogens is 877 g/mol. The van der Waals surface area contributed by atoms with E-state index < -0.39 is 12.1 Å². The van der Waals surface area contributed by atoms with Crippen molar-refractivity contribution in [3.8, 4) is 0 Å². The van der Waals surface area contributed by atoms with Crippen LogP contribution in [0.3, 0.4) is 0 Å². The summed E-state index contributed by atoms with van der Waals surface area (Å²) in [4.78, 5) is 38.1. The summed E-state index contributed by atoms with van der Waals surface area (Å²) in [5, 5.41) is 0. The van der Waals surface area contributed by atoms with Gasteiger partial charge in [-0.15, -0.1) is 0 Å². The Kier molecular flexibility index (Phi) is 54.5. The highest BCUT2D eigenvalue weighted by Crippen LogP contribution is 2.11. The van der Waals surface area contributed by atoms with E-state index in [1.807, 2.05) is 12.2 Å². The lowest BCUT2D eigenvalue weighted by atomic mass is 10.1. The zero-order chi connectivity index (χ0) is 51.4. The fourth-order valence-electron chi connectivity index (χ4n) is 7.26. The van der Waals surface area contributed by atoms with Crippen LogP contribution in [-0.2, 0) is 28.6 Å². The molecule has 6 heteroatoms. The number of allylic oxidation sites excluding steroid dienone is 22. The molecule has 0 aliphatic heterocycles. The number of hydrogen-bond acceptors (Lipinski definition) is 6. The minimum Gasteiger partial charge on any atom is -0.462 e. The predicted molar refractivity (Wildman–Crippen MR) is 306 cm³/mol. The lowest BCUT2D eigenvalue weighted by Gasteiger charge is -2.18. The lowest BCUT2D eigenvalue weighted by molar-refractivity contribution is -0.166. The molecule has 0 spiro atoms. The molecule has 0 N–H and O–H groups in total. The van der Waals surface area contributed by atoms with Gasteiger partial charge in [-0.2, -0.15) is 0 Å². The van der Waals surface area contributed by atoms with Gasteiger partial charge in [0.1, 0.15) is 13.2 Å². The highest BCUT2D eigenvalue weighted by molar-refractivity contribution is 5.71. The van der Waals surface area contributed by atoms with Crippen molar-refractivity contribution in [2.24, 2.45) is 0 Å². The zero-order valence-electron chi connectivity index (χ0n) is 45.7. The molecule has 0 saturated heterocycles. The van der Waals surface area contributed by atoms with E-state index in [1.165, 1.54) is 77.0 Å². The van der Waals surface area contributed by atoms with Gasteiger partial charge in [-0.25, -0.2) is 0 Å². The van der Waals surface area contributed by atoms with Gasteiger partial charge in [0.15, 0.2) is 6.10 Å². The van der Waals surface area contributed by atoms with Crippen LogP contribution in [-0.4, -0.2) is 37.2 Å². The highest BCUT2D eigenvalue weighted by atomic mass is 16.6. The van der Waals surface area contributed by atoms with Gasteiger partial charge in [0, 0.05) is 19.3 Å². The molecule has 6 nitrogen and oxygen atoms in total. The molecule has 0 fully saturated rings. The molecule has 0 bridgehead atoms. The lowest BCUT2D eigenvalue weighted by Crippen LogP contribution is -2.30. The molecule has 0 rings (SSSR count). The molecule has 0 aromatic heterocycles. The van der Waals surface area contributed by atoms with Crippen LogP contribution in [0.25, 0.3) is 0 Å². The van der Waals surface area contributed by atoms with Gasteiger partial charge in [-0.1, -0.05) is 219 Å². The van der Waals surface area contributed by atoms with Crippen LogP contribution in [0.4, 0.5) is 0 Å². The average Bonchev–Trinajstić information content (AvgIpc) is 3.37. The van der Waals surface area contributed by atoms with E-state index in [2.05, 4.69) is 142 Å². The first-order valence-electron chi connectivity index (χ1n) is 28.7. The third-order valence-corrected chi connectivity index (χ3v) is 11.6. The minimum absolute atomic E-state index is 0.131. The molecule has 0 unspecified atom stereocenters. The molecule has 0 saturated carbocycles. The molecular formula is C65H104O6. The average molecular weight is 982 g/mol. The summed E-state index contributed by atoms with van der Waals surface area (Å²) in [6, 6.07) is 0. The summed E-state index contributed by atoms with van der Waals surface area (Å²) in [5.41, 5.74) is 0. The van der Waals surface area contributed by atoms with Crippen molar-refractivity contribution in [1.82, 2.24) is 0 Å². The molecule has 0 amide bonds. The highest BCUT2D eigenvalue weighted by Gasteiger charge is 2.19. The molecule has 0 radical (unpaired) electrons. The number of esters is 3. The SMILES string of the molecule is CCCCC/C=C\C/C=C\C/C=C\C/C=C\C/C=C\CCC(=O)OC(COC(=O)CCCCCC/C=C\C/C=C\C/C=C\CCCCC)COC(=O)CCCCCC/C=C\C/C=C\C/C=C\CCCCC. The Bertz CT molecular complexity index is 1480. The van der Waals surface area contributed by atoms with Crippen molar-refractivity contribution in [3.05, 3.63) is 134 Å². The monoisotopic (exact) mass is 981 g/mol.